The lowest BCUT2D eigenvalue weighted by Crippen LogP contribution is -2.24. The lowest BCUT2D eigenvalue weighted by Gasteiger charge is -2.17. The van der Waals surface area contributed by atoms with E-state index < -0.39 is 5.51 Å². The molecule has 104 valence electrons. The fourth-order valence-corrected chi connectivity index (χ4v) is 2.60. The maximum absolute atomic E-state index is 12.3. The van der Waals surface area contributed by atoms with E-state index in [9.17, 15) is 18.0 Å². The average Bonchev–Trinajstić information content (AvgIpc) is 2.69. The summed E-state index contributed by atoms with van der Waals surface area (Å²) in [6, 6.07) is 5.78. The van der Waals surface area contributed by atoms with Gasteiger partial charge in [0.2, 0.25) is 5.91 Å². The molecule has 1 aromatic rings. The summed E-state index contributed by atoms with van der Waals surface area (Å²) >= 11 is -0.206. The molecular weight excluding hydrogens is 279 g/mol. The molecule has 0 bridgehead atoms. The second-order valence-electron chi connectivity index (χ2n) is 4.30. The second kappa shape index (κ2) is 5.42. The first kappa shape index (κ1) is 14.2. The first-order chi connectivity index (χ1) is 8.89. The van der Waals surface area contributed by atoms with Gasteiger partial charge in [0.25, 0.3) is 0 Å². The SMILES string of the molecule is O=C1CC(CO)CN1c1cccc(SC(F)(F)F)c1. The van der Waals surface area contributed by atoms with E-state index in [1.54, 1.807) is 6.07 Å². The minimum absolute atomic E-state index is 0.0465. The number of nitrogens with zero attached hydrogens (tertiary/aromatic N) is 1. The van der Waals surface area contributed by atoms with E-state index in [0.29, 0.717) is 12.2 Å². The molecule has 1 aliphatic heterocycles. The summed E-state index contributed by atoms with van der Waals surface area (Å²) in [7, 11) is 0. The van der Waals surface area contributed by atoms with Gasteiger partial charge in [0.1, 0.15) is 0 Å². The number of benzene rings is 1. The van der Waals surface area contributed by atoms with Crippen LogP contribution in [-0.2, 0) is 4.79 Å². The molecule has 3 nitrogen and oxygen atoms in total. The predicted molar refractivity (Wildman–Crippen MR) is 65.9 cm³/mol. The Hall–Kier alpha value is -1.21. The summed E-state index contributed by atoms with van der Waals surface area (Å²) in [5.74, 6) is -0.320. The zero-order valence-electron chi connectivity index (χ0n) is 9.85. The molecule has 1 fully saturated rings. The molecule has 0 aliphatic carbocycles. The molecule has 1 atom stereocenters. The van der Waals surface area contributed by atoms with Gasteiger partial charge in [0.05, 0.1) is 0 Å². The van der Waals surface area contributed by atoms with Crippen LogP contribution in [-0.4, -0.2) is 29.7 Å². The van der Waals surface area contributed by atoms with Crippen LogP contribution in [0.5, 0.6) is 0 Å². The fourth-order valence-electron chi connectivity index (χ4n) is 2.00. The highest BCUT2D eigenvalue weighted by Crippen LogP contribution is 2.38. The molecule has 1 saturated heterocycles. The minimum atomic E-state index is -4.35. The zero-order valence-corrected chi connectivity index (χ0v) is 10.7. The van der Waals surface area contributed by atoms with E-state index >= 15 is 0 Å². The Morgan fingerprint density at radius 1 is 1.42 bits per heavy atom. The highest BCUT2D eigenvalue weighted by molar-refractivity contribution is 8.00. The van der Waals surface area contributed by atoms with Crippen molar-refractivity contribution in [2.75, 3.05) is 18.1 Å². The van der Waals surface area contributed by atoms with E-state index in [0.717, 1.165) is 0 Å². The minimum Gasteiger partial charge on any atom is -0.396 e. The molecule has 1 amide bonds. The van der Waals surface area contributed by atoms with Crippen LogP contribution in [0.3, 0.4) is 0 Å². The average molecular weight is 291 g/mol. The summed E-state index contributed by atoms with van der Waals surface area (Å²) in [5.41, 5.74) is -3.91. The van der Waals surface area contributed by atoms with E-state index in [-0.39, 0.29) is 41.5 Å². The topological polar surface area (TPSA) is 40.5 Å². The monoisotopic (exact) mass is 291 g/mol. The van der Waals surface area contributed by atoms with Crippen molar-refractivity contribution in [3.8, 4) is 0 Å². The van der Waals surface area contributed by atoms with Crippen molar-refractivity contribution in [3.05, 3.63) is 24.3 Å². The third-order valence-electron chi connectivity index (χ3n) is 2.83. The highest BCUT2D eigenvalue weighted by atomic mass is 32.2. The van der Waals surface area contributed by atoms with E-state index in [2.05, 4.69) is 0 Å². The van der Waals surface area contributed by atoms with Crippen LogP contribution < -0.4 is 4.90 Å². The number of hydrogen-bond acceptors (Lipinski definition) is 3. The van der Waals surface area contributed by atoms with Crippen molar-refractivity contribution in [1.82, 2.24) is 0 Å². The summed E-state index contributed by atoms with van der Waals surface area (Å²) < 4.78 is 36.9. The van der Waals surface area contributed by atoms with Gasteiger partial charge in [-0.15, -0.1) is 0 Å². The Bertz CT molecular complexity index is 478. The van der Waals surface area contributed by atoms with Gasteiger partial charge in [-0.3, -0.25) is 4.79 Å². The number of thioether (sulfide) groups is 1. The molecule has 1 unspecified atom stereocenters. The van der Waals surface area contributed by atoms with Gasteiger partial charge in [0, 0.05) is 36.1 Å². The smallest absolute Gasteiger partial charge is 0.396 e. The molecule has 1 heterocycles. The number of aliphatic hydroxyl groups is 1. The Kier molecular flexibility index (Phi) is 4.05. The summed E-state index contributed by atoms with van der Waals surface area (Å²) in [6.45, 7) is 0.245. The molecule has 1 aromatic carbocycles. The Balaban J connectivity index is 2.17. The van der Waals surface area contributed by atoms with Gasteiger partial charge >= 0.3 is 5.51 Å². The predicted octanol–water partition coefficient (Wildman–Crippen LogP) is 2.64. The zero-order chi connectivity index (χ0) is 14.0. The van der Waals surface area contributed by atoms with E-state index in [1.165, 1.54) is 23.1 Å². The normalized spacial score (nSPS) is 20.1. The molecule has 1 aliphatic rings. The maximum atomic E-state index is 12.3. The number of carbonyl (C=O) groups is 1. The summed E-state index contributed by atoms with van der Waals surface area (Å²) in [6.07, 6.45) is 0.229. The first-order valence-electron chi connectivity index (χ1n) is 5.66. The van der Waals surface area contributed by atoms with Gasteiger partial charge < -0.3 is 10.0 Å². The molecule has 0 aromatic heterocycles. The van der Waals surface area contributed by atoms with Gasteiger partial charge in [-0.2, -0.15) is 13.2 Å². The van der Waals surface area contributed by atoms with Crippen LogP contribution >= 0.6 is 11.8 Å². The molecular formula is C12H12F3NO2S. The molecule has 19 heavy (non-hydrogen) atoms. The molecule has 0 radical (unpaired) electrons. The number of alkyl halides is 3. The van der Waals surface area contributed by atoms with Crippen LogP contribution in [0.1, 0.15) is 6.42 Å². The van der Waals surface area contributed by atoms with Crippen LogP contribution in [0, 0.1) is 5.92 Å². The third-order valence-corrected chi connectivity index (χ3v) is 3.55. The molecule has 1 N–H and O–H groups in total. The van der Waals surface area contributed by atoms with Crippen molar-refractivity contribution in [2.24, 2.45) is 5.92 Å². The Morgan fingerprint density at radius 3 is 2.74 bits per heavy atom. The van der Waals surface area contributed by atoms with Crippen molar-refractivity contribution in [2.45, 2.75) is 16.8 Å². The number of hydrogen-bond donors (Lipinski definition) is 1. The summed E-state index contributed by atoms with van der Waals surface area (Å²) in [4.78, 5) is 13.2. The largest absolute Gasteiger partial charge is 0.446 e. The van der Waals surface area contributed by atoms with Crippen LogP contribution in [0.2, 0.25) is 0 Å². The lowest BCUT2D eigenvalue weighted by atomic mass is 10.1. The second-order valence-corrected chi connectivity index (χ2v) is 5.44. The van der Waals surface area contributed by atoms with Crippen molar-refractivity contribution in [1.29, 1.82) is 0 Å². The Labute approximate surface area is 112 Å². The number of carbonyl (C=O) groups excluding carboxylic acids is 1. The van der Waals surface area contributed by atoms with Gasteiger partial charge in [0.15, 0.2) is 0 Å². The van der Waals surface area contributed by atoms with Crippen LogP contribution in [0.4, 0.5) is 18.9 Å². The van der Waals surface area contributed by atoms with Crippen molar-refractivity contribution in [3.63, 3.8) is 0 Å². The van der Waals surface area contributed by atoms with Gasteiger partial charge in [-0.05, 0) is 30.0 Å². The van der Waals surface area contributed by atoms with Gasteiger partial charge in [-0.25, -0.2) is 0 Å². The fraction of sp³-hybridized carbons (Fsp3) is 0.417. The Morgan fingerprint density at radius 2 is 2.16 bits per heavy atom. The molecule has 2 rings (SSSR count). The quantitative estimate of drug-likeness (QED) is 0.870. The maximum Gasteiger partial charge on any atom is 0.446 e. The lowest BCUT2D eigenvalue weighted by molar-refractivity contribution is -0.117. The summed E-state index contributed by atoms with van der Waals surface area (Å²) in [5, 5.41) is 9.02. The number of halogens is 3. The molecule has 7 heteroatoms. The molecule has 0 saturated carbocycles. The first-order valence-corrected chi connectivity index (χ1v) is 6.48. The molecule has 0 spiro atoms. The van der Waals surface area contributed by atoms with Gasteiger partial charge in [-0.1, -0.05) is 6.07 Å². The van der Waals surface area contributed by atoms with Crippen molar-refractivity contribution >= 4 is 23.4 Å². The van der Waals surface area contributed by atoms with E-state index in [1.807, 2.05) is 0 Å². The third kappa shape index (κ3) is 3.63. The van der Waals surface area contributed by atoms with E-state index in [4.69, 9.17) is 5.11 Å². The number of amides is 1. The number of anilines is 1. The highest BCUT2D eigenvalue weighted by Gasteiger charge is 2.32. The number of rotatable bonds is 3. The van der Waals surface area contributed by atoms with Crippen LogP contribution in [0.25, 0.3) is 0 Å². The van der Waals surface area contributed by atoms with Crippen molar-refractivity contribution < 1.29 is 23.1 Å². The number of aliphatic hydroxyl groups excluding tert-OH is 1. The van der Waals surface area contributed by atoms with Crippen LogP contribution in [0.15, 0.2) is 29.2 Å². The standard InChI is InChI=1S/C12H12F3NO2S/c13-12(14,15)19-10-3-1-2-9(5-10)16-6-8(7-17)4-11(16)18/h1-3,5,8,17H,4,6-7H2.